The monoisotopic (exact) mass is 446 g/mol. The summed E-state index contributed by atoms with van der Waals surface area (Å²) in [7, 11) is 0. The summed E-state index contributed by atoms with van der Waals surface area (Å²) in [6, 6.07) is 19.5. The predicted octanol–water partition coefficient (Wildman–Crippen LogP) is 4.67. The molecule has 1 fully saturated rings. The second-order valence-electron chi connectivity index (χ2n) is 7.97. The number of hydrogen-bond acceptors (Lipinski definition) is 4. The molecule has 0 spiro atoms. The molecule has 0 atom stereocenters. The molecule has 0 bridgehead atoms. The highest BCUT2D eigenvalue weighted by molar-refractivity contribution is 7.12. The first-order chi connectivity index (χ1) is 15.5. The fourth-order valence-corrected chi connectivity index (χ4v) is 4.79. The van der Waals surface area contributed by atoms with E-state index in [4.69, 9.17) is 0 Å². The Balaban J connectivity index is 1.26. The molecule has 1 aliphatic rings. The molecule has 1 saturated heterocycles. The van der Waals surface area contributed by atoms with Crippen molar-refractivity contribution in [2.75, 3.05) is 26.2 Å². The molecule has 5 nitrogen and oxygen atoms in total. The molecule has 0 radical (unpaired) electrons. The van der Waals surface area contributed by atoms with Gasteiger partial charge in [0.2, 0.25) is 5.91 Å². The first-order valence-electron chi connectivity index (χ1n) is 10.8. The Labute approximate surface area is 192 Å². The van der Waals surface area contributed by atoms with Crippen LogP contribution in [-0.4, -0.2) is 53.6 Å². The van der Waals surface area contributed by atoms with Crippen LogP contribution < -0.4 is 0 Å². The minimum atomic E-state index is -0.0290. The average Bonchev–Trinajstić information content (AvgIpc) is 3.28. The van der Waals surface area contributed by atoms with E-state index in [1.807, 2.05) is 77.9 Å². The zero-order chi connectivity index (χ0) is 22.5. The van der Waals surface area contributed by atoms with Crippen molar-refractivity contribution in [1.29, 1.82) is 0 Å². The van der Waals surface area contributed by atoms with Crippen LogP contribution >= 0.6 is 11.3 Å². The zero-order valence-electron chi connectivity index (χ0n) is 18.1. The quantitative estimate of drug-likeness (QED) is 0.517. The molecular weight excluding hydrogens is 420 g/mol. The number of thiophene rings is 1. The number of amides is 2. The number of Topliss-reactive ketones (excluding diaryl/α,β-unsaturated/α-hetero) is 1. The number of nitrogens with zero attached hydrogens (tertiary/aromatic N) is 2. The summed E-state index contributed by atoms with van der Waals surface area (Å²) in [4.78, 5) is 42.1. The van der Waals surface area contributed by atoms with E-state index >= 15 is 0 Å². The molecule has 0 aliphatic carbocycles. The molecule has 2 heterocycles. The topological polar surface area (TPSA) is 57.7 Å². The third-order valence-electron chi connectivity index (χ3n) is 5.86. The lowest BCUT2D eigenvalue weighted by atomic mass is 10.0. The Morgan fingerprint density at radius 1 is 0.781 bits per heavy atom. The van der Waals surface area contributed by atoms with Crippen LogP contribution in [0.25, 0.3) is 11.1 Å². The van der Waals surface area contributed by atoms with E-state index in [9.17, 15) is 14.4 Å². The number of benzene rings is 2. The third kappa shape index (κ3) is 4.97. The lowest BCUT2D eigenvalue weighted by Gasteiger charge is -2.34. The Morgan fingerprint density at radius 2 is 1.41 bits per heavy atom. The van der Waals surface area contributed by atoms with Crippen LogP contribution in [0, 0.1) is 6.92 Å². The highest BCUT2D eigenvalue weighted by Crippen LogP contribution is 2.21. The molecule has 0 N–H and O–H groups in total. The van der Waals surface area contributed by atoms with Crippen LogP contribution in [0.2, 0.25) is 0 Å². The first kappa shape index (κ1) is 22.0. The van der Waals surface area contributed by atoms with Gasteiger partial charge in [0.25, 0.3) is 5.91 Å². The van der Waals surface area contributed by atoms with Gasteiger partial charge < -0.3 is 9.80 Å². The number of carbonyl (C=O) groups excluding carboxylic acids is 3. The van der Waals surface area contributed by atoms with Gasteiger partial charge in [0, 0.05) is 44.6 Å². The summed E-state index contributed by atoms with van der Waals surface area (Å²) in [5.41, 5.74) is 3.78. The van der Waals surface area contributed by atoms with E-state index < -0.39 is 0 Å². The van der Waals surface area contributed by atoms with Crippen LogP contribution in [0.1, 0.15) is 38.4 Å². The molecule has 0 unspecified atom stereocenters. The van der Waals surface area contributed by atoms with Crippen molar-refractivity contribution in [3.8, 4) is 11.1 Å². The van der Waals surface area contributed by atoms with E-state index in [1.54, 1.807) is 4.90 Å². The van der Waals surface area contributed by atoms with E-state index in [1.165, 1.54) is 11.3 Å². The molecule has 164 valence electrons. The third-order valence-corrected chi connectivity index (χ3v) is 6.86. The zero-order valence-corrected chi connectivity index (χ0v) is 18.9. The lowest BCUT2D eigenvalue weighted by Crippen LogP contribution is -2.50. The molecule has 6 heteroatoms. The molecular formula is C26H26N2O3S. The second-order valence-corrected chi connectivity index (χ2v) is 8.89. The number of piperazine rings is 1. The van der Waals surface area contributed by atoms with Gasteiger partial charge in [-0.1, -0.05) is 54.6 Å². The van der Waals surface area contributed by atoms with Crippen LogP contribution in [0.3, 0.4) is 0 Å². The van der Waals surface area contributed by atoms with Crippen molar-refractivity contribution in [3.05, 3.63) is 82.0 Å². The maximum Gasteiger partial charge on any atom is 0.264 e. The summed E-state index contributed by atoms with van der Waals surface area (Å²) < 4.78 is 0. The lowest BCUT2D eigenvalue weighted by molar-refractivity contribution is -0.132. The van der Waals surface area contributed by atoms with Crippen molar-refractivity contribution < 1.29 is 14.4 Å². The number of ketones is 1. The van der Waals surface area contributed by atoms with Crippen LogP contribution in [0.15, 0.2) is 66.0 Å². The number of rotatable bonds is 6. The first-order valence-corrected chi connectivity index (χ1v) is 11.7. The van der Waals surface area contributed by atoms with Gasteiger partial charge in [0.05, 0.1) is 4.88 Å². The predicted molar refractivity (Wildman–Crippen MR) is 127 cm³/mol. The van der Waals surface area contributed by atoms with Gasteiger partial charge in [0.1, 0.15) is 0 Å². The minimum absolute atomic E-state index is 0.0278. The summed E-state index contributed by atoms with van der Waals surface area (Å²) in [5, 5.41) is 1.93. The Morgan fingerprint density at radius 3 is 2.03 bits per heavy atom. The number of aryl methyl sites for hydroxylation is 1. The van der Waals surface area contributed by atoms with Crippen LogP contribution in [0.4, 0.5) is 0 Å². The van der Waals surface area contributed by atoms with Crippen molar-refractivity contribution >= 4 is 28.9 Å². The van der Waals surface area contributed by atoms with E-state index in [0.717, 1.165) is 21.6 Å². The summed E-state index contributed by atoms with van der Waals surface area (Å²) in [6.45, 7) is 4.01. The molecule has 1 aliphatic heterocycles. The van der Waals surface area contributed by atoms with E-state index in [2.05, 4.69) is 0 Å². The maximum atomic E-state index is 12.6. The Bertz CT molecular complexity index is 1100. The van der Waals surface area contributed by atoms with E-state index in [0.29, 0.717) is 31.7 Å². The largest absolute Gasteiger partial charge is 0.339 e. The fourth-order valence-electron chi connectivity index (χ4n) is 3.90. The van der Waals surface area contributed by atoms with Gasteiger partial charge in [-0.3, -0.25) is 14.4 Å². The summed E-state index contributed by atoms with van der Waals surface area (Å²) in [5.74, 6) is -0.0164. The van der Waals surface area contributed by atoms with E-state index in [-0.39, 0.29) is 30.4 Å². The summed E-state index contributed by atoms with van der Waals surface area (Å²) >= 11 is 1.46. The normalized spacial score (nSPS) is 13.8. The minimum Gasteiger partial charge on any atom is -0.339 e. The van der Waals surface area contributed by atoms with Gasteiger partial charge in [-0.2, -0.15) is 0 Å². The van der Waals surface area contributed by atoms with Gasteiger partial charge in [-0.25, -0.2) is 0 Å². The van der Waals surface area contributed by atoms with Crippen molar-refractivity contribution in [2.45, 2.75) is 19.8 Å². The second kappa shape index (κ2) is 9.92. The fraction of sp³-hybridized carbons (Fsp3) is 0.269. The number of carbonyl (C=O) groups is 3. The molecule has 4 rings (SSSR count). The molecule has 2 aromatic carbocycles. The van der Waals surface area contributed by atoms with Crippen molar-refractivity contribution in [3.63, 3.8) is 0 Å². The summed E-state index contributed by atoms with van der Waals surface area (Å²) in [6.07, 6.45) is 0.383. The van der Waals surface area contributed by atoms with Crippen LogP contribution in [0.5, 0.6) is 0 Å². The standard InChI is InChI=1S/C26H26N2O3S/c1-19-13-18-32-25(19)26(31)28-16-14-27(15-17-28)24(30)12-11-23(29)22-9-7-21(8-10-22)20-5-3-2-4-6-20/h2-10,13,18H,11-12,14-17H2,1H3. The van der Waals surface area contributed by atoms with Gasteiger partial charge in [0.15, 0.2) is 5.78 Å². The van der Waals surface area contributed by atoms with Crippen LogP contribution in [-0.2, 0) is 4.79 Å². The average molecular weight is 447 g/mol. The molecule has 32 heavy (non-hydrogen) atoms. The molecule has 3 aromatic rings. The number of hydrogen-bond donors (Lipinski definition) is 0. The Hall–Kier alpha value is -3.25. The molecule has 0 saturated carbocycles. The van der Waals surface area contributed by atoms with Crippen molar-refractivity contribution in [1.82, 2.24) is 9.80 Å². The molecule has 2 amide bonds. The van der Waals surface area contributed by atoms with Gasteiger partial charge in [-0.15, -0.1) is 11.3 Å². The smallest absolute Gasteiger partial charge is 0.264 e. The maximum absolute atomic E-state index is 12.6. The highest BCUT2D eigenvalue weighted by atomic mass is 32.1. The Kier molecular flexibility index (Phi) is 6.81. The van der Waals surface area contributed by atoms with Gasteiger partial charge in [-0.05, 0) is 35.1 Å². The van der Waals surface area contributed by atoms with Gasteiger partial charge >= 0.3 is 0 Å². The molecule has 1 aromatic heterocycles. The van der Waals surface area contributed by atoms with Crippen molar-refractivity contribution in [2.24, 2.45) is 0 Å². The highest BCUT2D eigenvalue weighted by Gasteiger charge is 2.26. The SMILES string of the molecule is Cc1ccsc1C(=O)N1CCN(C(=O)CCC(=O)c2ccc(-c3ccccc3)cc2)CC1.